The second-order valence-electron chi connectivity index (χ2n) is 7.94. The summed E-state index contributed by atoms with van der Waals surface area (Å²) in [5.74, 6) is 0.853. The Bertz CT molecular complexity index is 787. The zero-order valence-electron chi connectivity index (χ0n) is 16.9. The quantitative estimate of drug-likeness (QED) is 0.513. The molecule has 0 spiro atoms. The first-order chi connectivity index (χ1) is 12.6. The third-order valence-corrected chi connectivity index (χ3v) is 4.82. The highest BCUT2D eigenvalue weighted by Gasteiger charge is 2.43. The van der Waals surface area contributed by atoms with E-state index in [0.717, 1.165) is 5.70 Å². The molecule has 1 aliphatic heterocycles. The summed E-state index contributed by atoms with van der Waals surface area (Å²) in [6.45, 7) is 12.6. The molecule has 0 saturated carbocycles. The van der Waals surface area contributed by atoms with E-state index in [1.54, 1.807) is 12.2 Å². The Morgan fingerprint density at radius 2 is 2.07 bits per heavy atom. The summed E-state index contributed by atoms with van der Waals surface area (Å²) in [6, 6.07) is 0. The Morgan fingerprint density at radius 1 is 1.37 bits per heavy atom. The number of hydrogen-bond acceptors (Lipinski definition) is 3. The first-order valence-corrected chi connectivity index (χ1v) is 9.59. The summed E-state index contributed by atoms with van der Waals surface area (Å²) in [5.41, 5.74) is 5.43. The number of halogens is 1. The molecule has 1 atom stereocenters. The molecule has 0 bridgehead atoms. The minimum atomic E-state index is -0.770. The number of ether oxygens (including phenoxy) is 1. The molecule has 2 N–H and O–H groups in total. The zero-order valence-corrected chi connectivity index (χ0v) is 17.7. The van der Waals surface area contributed by atoms with Gasteiger partial charge in [-0.05, 0) is 51.3 Å². The van der Waals surface area contributed by atoms with Crippen molar-refractivity contribution in [3.05, 3.63) is 63.7 Å². The van der Waals surface area contributed by atoms with Crippen molar-refractivity contribution in [2.45, 2.75) is 47.8 Å². The molecule has 1 heterocycles. The van der Waals surface area contributed by atoms with Gasteiger partial charge in [-0.1, -0.05) is 48.9 Å². The van der Waals surface area contributed by atoms with E-state index in [-0.39, 0.29) is 5.91 Å². The number of hydrogen-bond donors (Lipinski definition) is 2. The first-order valence-electron chi connectivity index (χ1n) is 9.21. The van der Waals surface area contributed by atoms with E-state index in [4.69, 9.17) is 16.3 Å². The summed E-state index contributed by atoms with van der Waals surface area (Å²) in [4.78, 5) is 12.9. The van der Waals surface area contributed by atoms with Crippen molar-refractivity contribution in [2.75, 3.05) is 6.54 Å². The lowest BCUT2D eigenvalue weighted by Crippen LogP contribution is -2.49. The number of fused-ring (bicyclic) bond motifs is 1. The SMILES string of the molecule is CC(C)=CC=C(CNC(=O)C(C)(C)C1NC2=CC=C(Cl)C=C=C2O1)C(C)C. The molecule has 1 unspecified atom stereocenters. The van der Waals surface area contributed by atoms with Crippen LogP contribution in [0.5, 0.6) is 0 Å². The molecule has 4 nitrogen and oxygen atoms in total. The molecule has 1 aliphatic carbocycles. The Hall–Kier alpha value is -2.16. The zero-order chi connectivity index (χ0) is 20.2. The van der Waals surface area contributed by atoms with Crippen LogP contribution in [0.25, 0.3) is 0 Å². The van der Waals surface area contributed by atoms with Gasteiger partial charge in [0, 0.05) is 17.7 Å². The molecule has 0 aromatic rings. The molecule has 0 aromatic carbocycles. The largest absolute Gasteiger partial charge is 0.460 e. The average Bonchev–Trinajstić information content (AvgIpc) is 2.93. The van der Waals surface area contributed by atoms with Gasteiger partial charge in [-0.2, -0.15) is 0 Å². The van der Waals surface area contributed by atoms with E-state index in [2.05, 4.69) is 56.2 Å². The summed E-state index contributed by atoms with van der Waals surface area (Å²) < 4.78 is 5.93. The summed E-state index contributed by atoms with van der Waals surface area (Å²) in [6.07, 6.45) is 8.94. The van der Waals surface area contributed by atoms with E-state index < -0.39 is 11.6 Å². The molecule has 1 amide bonds. The van der Waals surface area contributed by atoms with Gasteiger partial charge in [-0.25, -0.2) is 0 Å². The van der Waals surface area contributed by atoms with Crippen LogP contribution in [-0.2, 0) is 9.53 Å². The van der Waals surface area contributed by atoms with Gasteiger partial charge in [0.1, 0.15) is 0 Å². The maximum Gasteiger partial charge on any atom is 0.231 e. The van der Waals surface area contributed by atoms with Crippen LogP contribution in [0.15, 0.2) is 63.7 Å². The van der Waals surface area contributed by atoms with Crippen molar-refractivity contribution in [3.8, 4) is 0 Å². The van der Waals surface area contributed by atoms with E-state index in [9.17, 15) is 4.79 Å². The van der Waals surface area contributed by atoms with Gasteiger partial charge in [0.05, 0.1) is 11.1 Å². The minimum Gasteiger partial charge on any atom is -0.460 e. The number of nitrogens with one attached hydrogen (secondary N) is 2. The first kappa shape index (κ1) is 21.1. The van der Waals surface area contributed by atoms with Crippen LogP contribution in [0, 0.1) is 11.3 Å². The minimum absolute atomic E-state index is 0.0704. The van der Waals surface area contributed by atoms with E-state index in [1.807, 2.05) is 19.9 Å². The van der Waals surface area contributed by atoms with E-state index in [0.29, 0.717) is 23.3 Å². The highest BCUT2D eigenvalue weighted by Crippen LogP contribution is 2.32. The van der Waals surface area contributed by atoms with Crippen LogP contribution in [0.1, 0.15) is 41.5 Å². The summed E-state index contributed by atoms with van der Waals surface area (Å²) in [7, 11) is 0. The monoisotopic (exact) mass is 388 g/mol. The molecular formula is C22H29ClN2O2. The average molecular weight is 389 g/mol. The van der Waals surface area contributed by atoms with Gasteiger partial charge in [0.15, 0.2) is 12.0 Å². The summed E-state index contributed by atoms with van der Waals surface area (Å²) in [5, 5.41) is 6.89. The van der Waals surface area contributed by atoms with Crippen LogP contribution in [0.2, 0.25) is 0 Å². The second-order valence-corrected chi connectivity index (χ2v) is 8.37. The Morgan fingerprint density at radius 3 is 2.70 bits per heavy atom. The number of amides is 1. The second kappa shape index (κ2) is 8.69. The smallest absolute Gasteiger partial charge is 0.231 e. The van der Waals surface area contributed by atoms with Crippen LogP contribution in [0.4, 0.5) is 0 Å². The van der Waals surface area contributed by atoms with Gasteiger partial charge in [-0.3, -0.25) is 4.79 Å². The Labute approximate surface area is 167 Å². The van der Waals surface area contributed by atoms with Crippen molar-refractivity contribution in [3.63, 3.8) is 0 Å². The van der Waals surface area contributed by atoms with Crippen molar-refractivity contribution < 1.29 is 9.53 Å². The predicted molar refractivity (Wildman–Crippen MR) is 111 cm³/mol. The van der Waals surface area contributed by atoms with Gasteiger partial charge in [0.25, 0.3) is 0 Å². The Balaban J connectivity index is 2.07. The molecule has 27 heavy (non-hydrogen) atoms. The molecule has 5 heteroatoms. The summed E-state index contributed by atoms with van der Waals surface area (Å²) >= 11 is 5.98. The maximum atomic E-state index is 12.9. The van der Waals surface area contributed by atoms with E-state index in [1.165, 1.54) is 11.1 Å². The molecular weight excluding hydrogens is 360 g/mol. The van der Waals surface area contributed by atoms with Gasteiger partial charge >= 0.3 is 0 Å². The van der Waals surface area contributed by atoms with Gasteiger partial charge in [-0.15, -0.1) is 0 Å². The predicted octanol–water partition coefficient (Wildman–Crippen LogP) is 4.68. The highest BCUT2D eigenvalue weighted by atomic mass is 35.5. The van der Waals surface area contributed by atoms with Crippen molar-refractivity contribution in [1.29, 1.82) is 0 Å². The molecule has 1 fully saturated rings. The molecule has 146 valence electrons. The van der Waals surface area contributed by atoms with Crippen LogP contribution in [-0.4, -0.2) is 18.7 Å². The number of carbonyl (C=O) groups excluding carboxylic acids is 1. The molecule has 0 aromatic heterocycles. The standard InChI is InChI=1S/C22H29ClN2O2/c1-14(2)7-8-16(15(3)4)13-24-20(26)22(5,6)21-25-18-11-9-17(23)10-12-19(18)27-21/h7-11,15,21,25H,13H2,1-6H3,(H,24,26). The fourth-order valence-corrected chi connectivity index (χ4v) is 2.70. The lowest BCUT2D eigenvalue weighted by Gasteiger charge is -2.29. The fourth-order valence-electron chi connectivity index (χ4n) is 2.58. The number of carbonyl (C=O) groups is 1. The van der Waals surface area contributed by atoms with E-state index >= 15 is 0 Å². The third-order valence-electron chi connectivity index (χ3n) is 4.58. The van der Waals surface area contributed by atoms with Crippen molar-refractivity contribution in [2.24, 2.45) is 11.3 Å². The van der Waals surface area contributed by atoms with Crippen molar-refractivity contribution in [1.82, 2.24) is 10.6 Å². The van der Waals surface area contributed by atoms with Crippen LogP contribution >= 0.6 is 11.6 Å². The number of allylic oxidation sites excluding steroid dienone is 6. The maximum absolute atomic E-state index is 12.9. The molecule has 1 saturated heterocycles. The molecule has 0 radical (unpaired) electrons. The normalized spacial score (nSPS) is 19.2. The molecule has 2 aliphatic rings. The van der Waals surface area contributed by atoms with Crippen LogP contribution in [0.3, 0.4) is 0 Å². The fraction of sp³-hybridized carbons (Fsp3) is 0.455. The van der Waals surface area contributed by atoms with Crippen LogP contribution < -0.4 is 10.6 Å². The third kappa shape index (κ3) is 5.41. The highest BCUT2D eigenvalue weighted by molar-refractivity contribution is 6.31. The van der Waals surface area contributed by atoms with Gasteiger partial charge in [0.2, 0.25) is 5.91 Å². The molecule has 2 rings (SSSR count). The Kier molecular flexibility index (Phi) is 6.80. The lowest BCUT2D eigenvalue weighted by molar-refractivity contribution is -0.135. The topological polar surface area (TPSA) is 50.4 Å². The van der Waals surface area contributed by atoms with Crippen molar-refractivity contribution >= 4 is 17.5 Å². The lowest BCUT2D eigenvalue weighted by atomic mass is 9.89. The van der Waals surface area contributed by atoms with Gasteiger partial charge < -0.3 is 15.4 Å². The number of rotatable bonds is 6.